The van der Waals surface area contributed by atoms with E-state index >= 15 is 0 Å². The van der Waals surface area contributed by atoms with E-state index in [9.17, 15) is 9.90 Å². The first kappa shape index (κ1) is 16.6. The highest BCUT2D eigenvalue weighted by Crippen LogP contribution is 2.24. The van der Waals surface area contributed by atoms with Crippen LogP contribution in [0.4, 0.5) is 0 Å². The SMILES string of the molecule is CCn1cnnc1-c1ccc(C(=O)NC2CCCCC2CO)cc1. The zero-order valence-corrected chi connectivity index (χ0v) is 14.0. The molecule has 128 valence electrons. The smallest absolute Gasteiger partial charge is 0.251 e. The van der Waals surface area contributed by atoms with Crippen LogP contribution < -0.4 is 5.32 Å². The molecule has 1 saturated carbocycles. The molecule has 1 aliphatic carbocycles. The summed E-state index contributed by atoms with van der Waals surface area (Å²) in [6.07, 6.45) is 5.85. The minimum atomic E-state index is -0.0798. The Kier molecular flexibility index (Phi) is 5.25. The minimum Gasteiger partial charge on any atom is -0.396 e. The molecule has 0 saturated heterocycles. The molecule has 1 aromatic carbocycles. The Morgan fingerprint density at radius 3 is 2.75 bits per heavy atom. The number of aliphatic hydroxyl groups excluding tert-OH is 1. The number of hydrogen-bond acceptors (Lipinski definition) is 4. The van der Waals surface area contributed by atoms with Gasteiger partial charge in [0.25, 0.3) is 5.91 Å². The van der Waals surface area contributed by atoms with Crippen LogP contribution in [0.3, 0.4) is 0 Å². The van der Waals surface area contributed by atoms with Crippen LogP contribution in [0, 0.1) is 5.92 Å². The summed E-state index contributed by atoms with van der Waals surface area (Å²) in [7, 11) is 0. The Morgan fingerprint density at radius 2 is 2.04 bits per heavy atom. The van der Waals surface area contributed by atoms with E-state index < -0.39 is 0 Å². The highest BCUT2D eigenvalue weighted by molar-refractivity contribution is 5.94. The molecule has 24 heavy (non-hydrogen) atoms. The summed E-state index contributed by atoms with van der Waals surface area (Å²) in [6.45, 7) is 2.97. The van der Waals surface area contributed by atoms with Gasteiger partial charge in [-0.3, -0.25) is 4.79 Å². The summed E-state index contributed by atoms with van der Waals surface area (Å²) >= 11 is 0. The largest absolute Gasteiger partial charge is 0.396 e. The molecule has 6 heteroatoms. The molecule has 2 atom stereocenters. The number of nitrogens with zero attached hydrogens (tertiary/aromatic N) is 3. The highest BCUT2D eigenvalue weighted by atomic mass is 16.3. The summed E-state index contributed by atoms with van der Waals surface area (Å²) in [5.41, 5.74) is 1.57. The summed E-state index contributed by atoms with van der Waals surface area (Å²) in [5, 5.41) is 20.6. The third-order valence-corrected chi connectivity index (χ3v) is 4.82. The molecule has 1 fully saturated rings. The second-order valence-corrected chi connectivity index (χ2v) is 6.32. The van der Waals surface area contributed by atoms with Crippen LogP contribution in [-0.2, 0) is 6.54 Å². The fourth-order valence-electron chi connectivity index (χ4n) is 3.35. The number of rotatable bonds is 5. The van der Waals surface area contributed by atoms with Crippen LogP contribution in [0.25, 0.3) is 11.4 Å². The molecule has 2 unspecified atom stereocenters. The van der Waals surface area contributed by atoms with E-state index in [-0.39, 0.29) is 24.5 Å². The summed E-state index contributed by atoms with van der Waals surface area (Å²) in [6, 6.07) is 7.50. The molecule has 6 nitrogen and oxygen atoms in total. The van der Waals surface area contributed by atoms with Crippen LogP contribution in [0.5, 0.6) is 0 Å². The van der Waals surface area contributed by atoms with E-state index in [2.05, 4.69) is 15.5 Å². The maximum Gasteiger partial charge on any atom is 0.251 e. The lowest BCUT2D eigenvalue weighted by atomic mass is 9.85. The van der Waals surface area contributed by atoms with Crippen molar-refractivity contribution in [1.82, 2.24) is 20.1 Å². The molecule has 3 rings (SSSR count). The van der Waals surface area contributed by atoms with Gasteiger partial charge in [-0.1, -0.05) is 25.0 Å². The van der Waals surface area contributed by atoms with Crippen molar-refractivity contribution in [1.29, 1.82) is 0 Å². The Hall–Kier alpha value is -2.21. The Balaban J connectivity index is 1.70. The summed E-state index contributed by atoms with van der Waals surface area (Å²) in [5.74, 6) is 0.894. The van der Waals surface area contributed by atoms with Gasteiger partial charge in [-0.15, -0.1) is 10.2 Å². The summed E-state index contributed by atoms with van der Waals surface area (Å²) < 4.78 is 1.96. The molecule has 1 heterocycles. The van der Waals surface area contributed by atoms with Crippen LogP contribution in [0.15, 0.2) is 30.6 Å². The topological polar surface area (TPSA) is 80.0 Å². The first-order chi connectivity index (χ1) is 11.7. The van der Waals surface area contributed by atoms with Gasteiger partial charge in [-0.05, 0) is 31.9 Å². The van der Waals surface area contributed by atoms with E-state index in [1.165, 1.54) is 0 Å². The average molecular weight is 328 g/mol. The number of aryl methyl sites for hydroxylation is 1. The number of carbonyl (C=O) groups excluding carboxylic acids is 1. The van der Waals surface area contributed by atoms with Gasteiger partial charge in [0.1, 0.15) is 6.33 Å². The molecular weight excluding hydrogens is 304 g/mol. The predicted molar refractivity (Wildman–Crippen MR) is 91.4 cm³/mol. The second kappa shape index (κ2) is 7.57. The molecule has 2 N–H and O–H groups in total. The molecule has 0 spiro atoms. The van der Waals surface area contributed by atoms with E-state index in [0.29, 0.717) is 5.56 Å². The van der Waals surface area contributed by atoms with E-state index in [0.717, 1.165) is 43.6 Å². The number of amides is 1. The molecule has 0 bridgehead atoms. The predicted octanol–water partition coefficient (Wildman–Crippen LogP) is 2.25. The van der Waals surface area contributed by atoms with Crippen molar-refractivity contribution in [3.63, 3.8) is 0 Å². The minimum absolute atomic E-state index is 0.0686. The van der Waals surface area contributed by atoms with Gasteiger partial charge in [0.15, 0.2) is 5.82 Å². The standard InChI is InChI=1S/C18H24N4O2/c1-2-22-12-19-21-17(22)13-7-9-14(10-8-13)18(24)20-16-6-4-3-5-15(16)11-23/h7-10,12,15-16,23H,2-6,11H2,1H3,(H,20,24). The summed E-state index contributed by atoms with van der Waals surface area (Å²) in [4.78, 5) is 12.5. The zero-order valence-electron chi connectivity index (χ0n) is 14.0. The van der Waals surface area contributed by atoms with Gasteiger partial charge in [0, 0.05) is 36.2 Å². The fourth-order valence-corrected chi connectivity index (χ4v) is 3.35. The van der Waals surface area contributed by atoms with Crippen molar-refractivity contribution < 1.29 is 9.90 Å². The number of benzene rings is 1. The second-order valence-electron chi connectivity index (χ2n) is 6.32. The highest BCUT2D eigenvalue weighted by Gasteiger charge is 2.26. The van der Waals surface area contributed by atoms with Crippen molar-refractivity contribution in [2.24, 2.45) is 5.92 Å². The van der Waals surface area contributed by atoms with E-state index in [1.807, 2.05) is 35.8 Å². The van der Waals surface area contributed by atoms with Gasteiger partial charge >= 0.3 is 0 Å². The third kappa shape index (κ3) is 3.48. The lowest BCUT2D eigenvalue weighted by molar-refractivity contribution is 0.0872. The van der Waals surface area contributed by atoms with Crippen molar-refractivity contribution >= 4 is 5.91 Å². The van der Waals surface area contributed by atoms with Crippen molar-refractivity contribution in [3.05, 3.63) is 36.2 Å². The Morgan fingerprint density at radius 1 is 1.29 bits per heavy atom. The normalized spacial score (nSPS) is 20.8. The van der Waals surface area contributed by atoms with Crippen LogP contribution in [-0.4, -0.2) is 38.4 Å². The molecule has 2 aromatic rings. The number of aromatic nitrogens is 3. The fraction of sp³-hybridized carbons (Fsp3) is 0.500. The van der Waals surface area contributed by atoms with Gasteiger partial charge in [-0.25, -0.2) is 0 Å². The van der Waals surface area contributed by atoms with Crippen molar-refractivity contribution in [2.45, 2.75) is 45.2 Å². The van der Waals surface area contributed by atoms with Crippen molar-refractivity contribution in [3.8, 4) is 11.4 Å². The Bertz CT molecular complexity index is 681. The monoisotopic (exact) mass is 328 g/mol. The zero-order chi connectivity index (χ0) is 16.9. The van der Waals surface area contributed by atoms with E-state index in [4.69, 9.17) is 0 Å². The van der Waals surface area contributed by atoms with Crippen LogP contribution >= 0.6 is 0 Å². The molecule has 0 aliphatic heterocycles. The lowest BCUT2D eigenvalue weighted by Gasteiger charge is -2.30. The Labute approximate surface area is 141 Å². The average Bonchev–Trinajstić information content (AvgIpc) is 3.11. The quantitative estimate of drug-likeness (QED) is 0.882. The maximum absolute atomic E-state index is 12.5. The van der Waals surface area contributed by atoms with Gasteiger partial charge in [0.2, 0.25) is 0 Å². The first-order valence-electron chi connectivity index (χ1n) is 8.63. The third-order valence-electron chi connectivity index (χ3n) is 4.82. The number of aliphatic hydroxyl groups is 1. The lowest BCUT2D eigenvalue weighted by Crippen LogP contribution is -2.43. The molecule has 1 amide bonds. The van der Waals surface area contributed by atoms with Gasteiger partial charge in [-0.2, -0.15) is 0 Å². The first-order valence-corrected chi connectivity index (χ1v) is 8.63. The van der Waals surface area contributed by atoms with Gasteiger partial charge in [0.05, 0.1) is 0 Å². The number of carbonyl (C=O) groups is 1. The maximum atomic E-state index is 12.5. The number of hydrogen-bond donors (Lipinski definition) is 2. The van der Waals surface area contributed by atoms with Crippen LogP contribution in [0.1, 0.15) is 43.0 Å². The number of nitrogens with one attached hydrogen (secondary N) is 1. The van der Waals surface area contributed by atoms with Crippen molar-refractivity contribution in [2.75, 3.05) is 6.61 Å². The molecule has 1 aliphatic rings. The van der Waals surface area contributed by atoms with Gasteiger partial charge < -0.3 is 15.0 Å². The van der Waals surface area contributed by atoms with E-state index in [1.54, 1.807) is 6.33 Å². The molecular formula is C18H24N4O2. The molecule has 0 radical (unpaired) electrons. The molecule has 1 aromatic heterocycles. The van der Waals surface area contributed by atoms with Crippen LogP contribution in [0.2, 0.25) is 0 Å².